The fourth-order valence-electron chi connectivity index (χ4n) is 3.54. The van der Waals surface area contributed by atoms with Crippen LogP contribution in [0.25, 0.3) is 0 Å². The number of hydrogen-bond donors (Lipinski definition) is 4. The number of rotatable bonds is 5. The molecule has 0 radical (unpaired) electrons. The largest absolute Gasteiger partial charge is 0.369 e. The first-order chi connectivity index (χ1) is 11.5. The van der Waals surface area contributed by atoms with Crippen molar-refractivity contribution in [3.05, 3.63) is 29.6 Å². The number of anilines is 1. The van der Waals surface area contributed by atoms with E-state index in [9.17, 15) is 4.39 Å². The number of hydrogen-bond acceptors (Lipinski definition) is 7. The summed E-state index contributed by atoms with van der Waals surface area (Å²) in [6, 6.07) is 5.47. The predicted molar refractivity (Wildman–Crippen MR) is 93.7 cm³/mol. The summed E-state index contributed by atoms with van der Waals surface area (Å²) in [6.45, 7) is 8.06. The summed E-state index contributed by atoms with van der Waals surface area (Å²) in [7, 11) is 0. The van der Waals surface area contributed by atoms with Gasteiger partial charge in [-0.3, -0.25) is 16.1 Å². The summed E-state index contributed by atoms with van der Waals surface area (Å²) in [5.41, 5.74) is 18.2. The Kier molecular flexibility index (Phi) is 4.62. The molecule has 0 aromatic heterocycles. The van der Waals surface area contributed by atoms with Crippen LogP contribution in [0.3, 0.4) is 0 Å². The number of guanidine groups is 1. The summed E-state index contributed by atoms with van der Waals surface area (Å²) in [4.78, 5) is 8.60. The maximum Gasteiger partial charge on any atom is 0.209 e. The average molecular weight is 335 g/mol. The first-order valence-electron chi connectivity index (χ1n) is 8.43. The van der Waals surface area contributed by atoms with Gasteiger partial charge in [0.1, 0.15) is 5.82 Å². The Bertz CT molecular complexity index is 631. The monoisotopic (exact) mass is 335 g/mol. The number of nitrogens with zero attached hydrogens (tertiary/aromatic N) is 3. The molecule has 1 aromatic rings. The number of nitrogens with two attached hydrogens (primary N) is 2. The van der Waals surface area contributed by atoms with E-state index < -0.39 is 5.79 Å². The first-order valence-corrected chi connectivity index (χ1v) is 8.43. The van der Waals surface area contributed by atoms with Gasteiger partial charge in [-0.15, -0.1) is 0 Å². The molecule has 8 heteroatoms. The van der Waals surface area contributed by atoms with Gasteiger partial charge in [0.05, 0.1) is 5.69 Å². The van der Waals surface area contributed by atoms with E-state index in [4.69, 9.17) is 11.5 Å². The third-order valence-corrected chi connectivity index (χ3v) is 4.90. The van der Waals surface area contributed by atoms with Crippen LogP contribution in [0.2, 0.25) is 0 Å². The molecule has 132 valence electrons. The molecule has 2 aliphatic heterocycles. The molecule has 2 unspecified atom stereocenters. The lowest BCUT2D eigenvalue weighted by Crippen LogP contribution is -2.50. The quantitative estimate of drug-likeness (QED) is 0.616. The number of nitrogens with one attached hydrogen (secondary N) is 2. The zero-order chi connectivity index (χ0) is 17.3. The van der Waals surface area contributed by atoms with E-state index in [1.165, 1.54) is 6.07 Å². The van der Waals surface area contributed by atoms with Crippen LogP contribution in [-0.2, 0) is 5.79 Å². The Morgan fingerprint density at radius 3 is 2.75 bits per heavy atom. The van der Waals surface area contributed by atoms with Gasteiger partial charge >= 0.3 is 0 Å². The predicted octanol–water partition coefficient (Wildman–Crippen LogP) is 0.238. The molecule has 3 rings (SSSR count). The number of aliphatic imine (C=N–C) groups is 1. The van der Waals surface area contributed by atoms with Crippen molar-refractivity contribution in [3.63, 3.8) is 0 Å². The second kappa shape index (κ2) is 6.54. The highest BCUT2D eigenvalue weighted by Crippen LogP contribution is 2.29. The minimum Gasteiger partial charge on any atom is -0.369 e. The fourth-order valence-corrected chi connectivity index (χ4v) is 3.54. The molecule has 6 N–H and O–H groups in total. The Morgan fingerprint density at radius 2 is 2.17 bits per heavy atom. The van der Waals surface area contributed by atoms with Crippen LogP contribution in [0.4, 0.5) is 10.1 Å². The van der Waals surface area contributed by atoms with Crippen molar-refractivity contribution in [1.29, 1.82) is 0 Å². The van der Waals surface area contributed by atoms with Crippen molar-refractivity contribution in [2.75, 3.05) is 31.1 Å². The van der Waals surface area contributed by atoms with Gasteiger partial charge in [-0.1, -0.05) is 19.9 Å². The number of halogens is 1. The molecule has 7 nitrogen and oxygen atoms in total. The molecule has 0 aliphatic carbocycles. The Morgan fingerprint density at radius 1 is 1.42 bits per heavy atom. The van der Waals surface area contributed by atoms with Crippen molar-refractivity contribution < 1.29 is 4.39 Å². The van der Waals surface area contributed by atoms with Gasteiger partial charge in [0.25, 0.3) is 0 Å². The van der Waals surface area contributed by atoms with Crippen molar-refractivity contribution in [2.45, 2.75) is 32.1 Å². The average Bonchev–Trinajstić information content (AvgIpc) is 3.16. The third-order valence-electron chi connectivity index (χ3n) is 4.90. The molecule has 24 heavy (non-hydrogen) atoms. The molecule has 1 fully saturated rings. The minimum absolute atomic E-state index is 0.184. The fraction of sp³-hybridized carbons (Fsp3) is 0.562. The summed E-state index contributed by atoms with van der Waals surface area (Å²) >= 11 is 0. The summed E-state index contributed by atoms with van der Waals surface area (Å²) in [5.74, 6) is -1.35. The molecular weight excluding hydrogens is 309 g/mol. The van der Waals surface area contributed by atoms with Gasteiger partial charge in [-0.05, 0) is 31.6 Å². The van der Waals surface area contributed by atoms with Gasteiger partial charge in [0.15, 0.2) is 0 Å². The van der Waals surface area contributed by atoms with E-state index in [0.29, 0.717) is 17.3 Å². The lowest BCUT2D eigenvalue weighted by molar-refractivity contribution is 0.232. The van der Waals surface area contributed by atoms with Crippen LogP contribution < -0.4 is 27.2 Å². The molecule has 2 atom stereocenters. The number of benzene rings is 1. The van der Waals surface area contributed by atoms with Gasteiger partial charge < -0.3 is 10.6 Å². The maximum atomic E-state index is 14.7. The lowest BCUT2D eigenvalue weighted by atomic mass is 10.1. The van der Waals surface area contributed by atoms with Gasteiger partial charge in [0.2, 0.25) is 11.7 Å². The van der Waals surface area contributed by atoms with E-state index in [-0.39, 0.29) is 11.8 Å². The van der Waals surface area contributed by atoms with Crippen molar-refractivity contribution >= 4 is 11.6 Å². The topological polar surface area (TPSA) is 94.9 Å². The summed E-state index contributed by atoms with van der Waals surface area (Å²) < 4.78 is 14.7. The van der Waals surface area contributed by atoms with Crippen LogP contribution >= 0.6 is 0 Å². The zero-order valence-electron chi connectivity index (χ0n) is 14.2. The van der Waals surface area contributed by atoms with E-state index in [2.05, 4.69) is 39.5 Å². The normalized spacial score (nSPS) is 26.8. The molecule has 0 bridgehead atoms. The van der Waals surface area contributed by atoms with Gasteiger partial charge in [-0.25, -0.2) is 9.38 Å². The minimum atomic E-state index is -1.24. The molecule has 2 aliphatic rings. The van der Waals surface area contributed by atoms with E-state index in [0.717, 1.165) is 32.6 Å². The summed E-state index contributed by atoms with van der Waals surface area (Å²) in [5, 5.41) is 0. The van der Waals surface area contributed by atoms with Crippen LogP contribution in [0.15, 0.2) is 23.2 Å². The molecule has 1 aromatic carbocycles. The van der Waals surface area contributed by atoms with Gasteiger partial charge in [-0.2, -0.15) is 5.43 Å². The van der Waals surface area contributed by atoms with Gasteiger partial charge in [0, 0.05) is 24.7 Å². The van der Waals surface area contributed by atoms with E-state index >= 15 is 0 Å². The standard InChI is InChI=1S/C16H26FN7/c1-3-23(4-2)12-7-8-24(10-12)14-6-5-11(9-13(14)17)16(19)20-15(18)21-22-16/h5-6,9,12,22H,3-4,7-8,10,19H2,1-2H3,(H3,18,20,21). The Labute approximate surface area is 141 Å². The zero-order valence-corrected chi connectivity index (χ0v) is 14.2. The Balaban J connectivity index is 1.77. The van der Waals surface area contributed by atoms with Crippen LogP contribution in [0.5, 0.6) is 0 Å². The highest BCUT2D eigenvalue weighted by molar-refractivity contribution is 5.79. The second-order valence-electron chi connectivity index (χ2n) is 6.29. The summed E-state index contributed by atoms with van der Waals surface area (Å²) in [6.07, 6.45) is 1.05. The molecule has 0 amide bonds. The smallest absolute Gasteiger partial charge is 0.209 e. The van der Waals surface area contributed by atoms with Crippen molar-refractivity contribution in [3.8, 4) is 0 Å². The molecule has 1 saturated heterocycles. The highest BCUT2D eigenvalue weighted by Gasteiger charge is 2.33. The first kappa shape index (κ1) is 16.9. The van der Waals surface area contributed by atoms with Crippen LogP contribution in [0, 0.1) is 5.82 Å². The third kappa shape index (κ3) is 3.04. The second-order valence-corrected chi connectivity index (χ2v) is 6.29. The van der Waals surface area contributed by atoms with Crippen LogP contribution in [-0.4, -0.2) is 43.1 Å². The van der Waals surface area contributed by atoms with Crippen LogP contribution in [0.1, 0.15) is 25.8 Å². The van der Waals surface area contributed by atoms with Crippen molar-refractivity contribution in [1.82, 2.24) is 15.8 Å². The number of likely N-dealkylation sites (N-methyl/N-ethyl adjacent to an activating group) is 1. The number of hydrazine groups is 1. The molecule has 0 spiro atoms. The van der Waals surface area contributed by atoms with E-state index in [1.54, 1.807) is 12.1 Å². The SMILES string of the molecule is CCN(CC)C1CCN(c2ccc(C3(N)N=C(N)NN3)cc2F)C1. The molecule has 2 heterocycles. The Hall–Kier alpha value is -1.90. The molecule has 0 saturated carbocycles. The van der Waals surface area contributed by atoms with E-state index in [1.807, 2.05) is 0 Å². The molecular formula is C16H26FN7. The maximum absolute atomic E-state index is 14.7. The highest BCUT2D eigenvalue weighted by atomic mass is 19.1. The van der Waals surface area contributed by atoms with Crippen molar-refractivity contribution in [2.24, 2.45) is 16.5 Å². The lowest BCUT2D eigenvalue weighted by Gasteiger charge is -2.27.